The minimum Gasteiger partial charge on any atom is -0.471 e. The number of primary amides is 1. The summed E-state index contributed by atoms with van der Waals surface area (Å²) in [4.78, 5) is 29.9. The third kappa shape index (κ3) is 5.50. The fraction of sp³-hybridized carbons (Fsp3) is 0.222. The number of halogens is 3. The molecule has 4 aromatic heterocycles. The number of aryl methyl sites for hydroxylation is 2. The molecular formula is C27H24ClF2N7O3S. The van der Waals surface area contributed by atoms with Crippen LogP contribution in [0.5, 0.6) is 5.75 Å². The first-order valence-electron chi connectivity index (χ1n) is 12.4. The predicted octanol–water partition coefficient (Wildman–Crippen LogP) is 5.97. The second kappa shape index (κ2) is 11.3. The Bertz CT molecular complexity index is 1800. The van der Waals surface area contributed by atoms with Gasteiger partial charge in [-0.05, 0) is 62.2 Å². The largest absolute Gasteiger partial charge is 0.471 e. The van der Waals surface area contributed by atoms with E-state index in [1.165, 1.54) is 16.8 Å². The molecule has 1 aromatic carbocycles. The highest BCUT2D eigenvalue weighted by Crippen LogP contribution is 2.43. The average molecular weight is 600 g/mol. The van der Waals surface area contributed by atoms with Gasteiger partial charge in [0.2, 0.25) is 0 Å². The van der Waals surface area contributed by atoms with E-state index in [-0.39, 0.29) is 27.8 Å². The lowest BCUT2D eigenvalue weighted by molar-refractivity contribution is 0.100. The number of carbonyl (C=O) groups is 2. The van der Waals surface area contributed by atoms with Gasteiger partial charge in [0.05, 0.1) is 11.9 Å². The van der Waals surface area contributed by atoms with Crippen molar-refractivity contribution in [1.82, 2.24) is 24.5 Å². The standard InChI is InChI=1S/C27H24ClF2N7O3S/c1-4-37-14(3)17(11-32-37)16-10-20(24(29)30)33-27-21(16)22(23(41-27)25(31)38)34-26(39)19-7-8-36(35-19)12-40-15-5-6-18(28)13(2)9-15/h5-11,24H,4,12H2,1-3H3,(H2,31,38)(H,34,39). The number of aromatic nitrogens is 5. The van der Waals surface area contributed by atoms with Gasteiger partial charge in [-0.2, -0.15) is 10.2 Å². The summed E-state index contributed by atoms with van der Waals surface area (Å²) in [5, 5.41) is 12.2. The molecule has 10 nitrogen and oxygen atoms in total. The van der Waals surface area contributed by atoms with Crippen LogP contribution in [0.25, 0.3) is 21.3 Å². The van der Waals surface area contributed by atoms with Gasteiger partial charge >= 0.3 is 0 Å². The number of nitrogens with two attached hydrogens (primary N) is 1. The van der Waals surface area contributed by atoms with Crippen LogP contribution >= 0.6 is 22.9 Å². The van der Waals surface area contributed by atoms with E-state index in [9.17, 15) is 18.4 Å². The van der Waals surface area contributed by atoms with Crippen LogP contribution in [0, 0.1) is 13.8 Å². The van der Waals surface area contributed by atoms with E-state index in [1.807, 2.05) is 13.8 Å². The molecule has 5 aromatic rings. The molecule has 5 rings (SSSR count). The highest BCUT2D eigenvalue weighted by atomic mass is 35.5. The summed E-state index contributed by atoms with van der Waals surface area (Å²) in [6.07, 6.45) is 0.253. The minimum absolute atomic E-state index is 0.0213. The molecule has 0 unspecified atom stereocenters. The molecule has 0 saturated carbocycles. The highest BCUT2D eigenvalue weighted by Gasteiger charge is 2.27. The zero-order valence-electron chi connectivity index (χ0n) is 22.1. The van der Waals surface area contributed by atoms with Crippen molar-refractivity contribution in [2.24, 2.45) is 5.73 Å². The Morgan fingerprint density at radius 2 is 1.98 bits per heavy atom. The SMILES string of the molecule is CCn1ncc(-c2cc(C(F)F)nc3sc(C(N)=O)c(NC(=O)c4ccn(COc5ccc(Cl)c(C)c5)n4)c23)c1C. The Kier molecular flexibility index (Phi) is 7.74. The van der Waals surface area contributed by atoms with Crippen molar-refractivity contribution in [3.05, 3.63) is 75.3 Å². The molecule has 0 aliphatic rings. The van der Waals surface area contributed by atoms with E-state index in [2.05, 4.69) is 20.5 Å². The van der Waals surface area contributed by atoms with E-state index < -0.39 is 23.9 Å². The first kappa shape index (κ1) is 28.2. The average Bonchev–Trinajstić information content (AvgIpc) is 3.66. The van der Waals surface area contributed by atoms with Crippen LogP contribution in [0.15, 0.2) is 42.7 Å². The highest BCUT2D eigenvalue weighted by molar-refractivity contribution is 7.21. The Hall–Kier alpha value is -4.36. The Morgan fingerprint density at radius 1 is 1.20 bits per heavy atom. The maximum absolute atomic E-state index is 13.8. The van der Waals surface area contributed by atoms with Crippen LogP contribution in [-0.4, -0.2) is 36.4 Å². The van der Waals surface area contributed by atoms with E-state index in [0.717, 1.165) is 22.6 Å². The lowest BCUT2D eigenvalue weighted by Gasteiger charge is -2.11. The maximum atomic E-state index is 13.8. The number of fused-ring (bicyclic) bond motifs is 1. The second-order valence-corrected chi connectivity index (χ2v) is 10.5. The van der Waals surface area contributed by atoms with E-state index in [1.54, 1.807) is 42.2 Å². The molecule has 14 heteroatoms. The summed E-state index contributed by atoms with van der Waals surface area (Å²) in [5.74, 6) is -0.904. The van der Waals surface area contributed by atoms with Crippen molar-refractivity contribution in [3.63, 3.8) is 0 Å². The number of nitrogens with zero attached hydrogens (tertiary/aromatic N) is 5. The molecule has 2 amide bonds. The Balaban J connectivity index is 1.50. The lowest BCUT2D eigenvalue weighted by Crippen LogP contribution is -2.18. The van der Waals surface area contributed by atoms with Crippen molar-refractivity contribution in [2.75, 3.05) is 5.32 Å². The number of hydrogen-bond acceptors (Lipinski definition) is 7. The van der Waals surface area contributed by atoms with Gasteiger partial charge in [-0.1, -0.05) is 11.6 Å². The van der Waals surface area contributed by atoms with Crippen LogP contribution in [0.2, 0.25) is 5.02 Å². The molecular weight excluding hydrogens is 576 g/mol. The molecule has 4 heterocycles. The van der Waals surface area contributed by atoms with E-state index >= 15 is 0 Å². The summed E-state index contributed by atoms with van der Waals surface area (Å²) in [5.41, 5.74) is 7.74. The number of carbonyl (C=O) groups excluding carboxylic acids is 2. The zero-order chi connectivity index (χ0) is 29.4. The van der Waals surface area contributed by atoms with Gasteiger partial charge in [-0.25, -0.2) is 18.4 Å². The molecule has 0 spiro atoms. The van der Waals surface area contributed by atoms with Gasteiger partial charge in [0.15, 0.2) is 12.4 Å². The van der Waals surface area contributed by atoms with Crippen LogP contribution in [0.4, 0.5) is 14.5 Å². The van der Waals surface area contributed by atoms with Crippen molar-refractivity contribution in [1.29, 1.82) is 0 Å². The summed E-state index contributed by atoms with van der Waals surface area (Å²) < 4.78 is 36.5. The van der Waals surface area contributed by atoms with E-state index in [0.29, 0.717) is 33.8 Å². The number of hydrogen-bond donors (Lipinski definition) is 2. The normalized spacial score (nSPS) is 11.4. The van der Waals surface area contributed by atoms with Crippen LogP contribution in [-0.2, 0) is 13.3 Å². The molecule has 0 aliphatic heterocycles. The first-order chi connectivity index (χ1) is 19.6. The molecule has 212 valence electrons. The van der Waals surface area contributed by atoms with Gasteiger partial charge < -0.3 is 15.8 Å². The second-order valence-electron chi connectivity index (χ2n) is 9.08. The van der Waals surface area contributed by atoms with Crippen LogP contribution < -0.4 is 15.8 Å². The fourth-order valence-electron chi connectivity index (χ4n) is 4.34. The summed E-state index contributed by atoms with van der Waals surface area (Å²) in [7, 11) is 0. The molecule has 0 aliphatic carbocycles. The first-order valence-corrected chi connectivity index (χ1v) is 13.6. The summed E-state index contributed by atoms with van der Waals surface area (Å²) in [6, 6.07) is 7.94. The van der Waals surface area contributed by atoms with Gasteiger partial charge in [-0.3, -0.25) is 14.3 Å². The number of rotatable bonds is 9. The number of pyridine rings is 1. The molecule has 3 N–H and O–H groups in total. The number of amides is 2. The number of alkyl halides is 2. The molecule has 0 bridgehead atoms. The Morgan fingerprint density at radius 3 is 2.63 bits per heavy atom. The summed E-state index contributed by atoms with van der Waals surface area (Å²) >= 11 is 6.88. The molecule has 0 radical (unpaired) electrons. The lowest BCUT2D eigenvalue weighted by atomic mass is 10.0. The van der Waals surface area contributed by atoms with Crippen molar-refractivity contribution in [3.8, 4) is 16.9 Å². The van der Waals surface area contributed by atoms with Crippen molar-refractivity contribution in [2.45, 2.75) is 40.5 Å². The maximum Gasteiger partial charge on any atom is 0.280 e. The number of nitrogens with one attached hydrogen (secondary N) is 1. The van der Waals surface area contributed by atoms with Crippen LogP contribution in [0.3, 0.4) is 0 Å². The van der Waals surface area contributed by atoms with Gasteiger partial charge in [0, 0.05) is 34.4 Å². The topological polar surface area (TPSA) is 130 Å². The number of benzene rings is 1. The van der Waals surface area contributed by atoms with Crippen molar-refractivity contribution >= 4 is 50.7 Å². The molecule has 0 fully saturated rings. The number of anilines is 1. The Labute approximate surface area is 241 Å². The van der Waals surface area contributed by atoms with Crippen LogP contribution in [0.1, 0.15) is 50.5 Å². The third-order valence-corrected chi connectivity index (χ3v) is 7.95. The molecule has 0 atom stereocenters. The molecule has 0 saturated heterocycles. The summed E-state index contributed by atoms with van der Waals surface area (Å²) in [6.45, 7) is 6.14. The van der Waals surface area contributed by atoms with Gasteiger partial charge in [-0.15, -0.1) is 11.3 Å². The number of thiophene rings is 1. The zero-order valence-corrected chi connectivity index (χ0v) is 23.7. The van der Waals surface area contributed by atoms with Gasteiger partial charge in [0.25, 0.3) is 18.2 Å². The number of ether oxygens (including phenoxy) is 1. The smallest absolute Gasteiger partial charge is 0.280 e. The minimum atomic E-state index is -2.86. The quantitative estimate of drug-likeness (QED) is 0.215. The fourth-order valence-corrected chi connectivity index (χ4v) is 5.48. The monoisotopic (exact) mass is 599 g/mol. The van der Waals surface area contributed by atoms with E-state index in [4.69, 9.17) is 22.1 Å². The third-order valence-electron chi connectivity index (χ3n) is 6.43. The molecule has 41 heavy (non-hydrogen) atoms. The van der Waals surface area contributed by atoms with Gasteiger partial charge in [0.1, 0.15) is 21.2 Å². The predicted molar refractivity (Wildman–Crippen MR) is 152 cm³/mol. The van der Waals surface area contributed by atoms with Crippen molar-refractivity contribution < 1.29 is 23.1 Å².